The van der Waals surface area contributed by atoms with Crippen LogP contribution in [0.2, 0.25) is 5.02 Å². The normalized spacial score (nSPS) is 21.7. The lowest BCUT2D eigenvalue weighted by Crippen LogP contribution is -2.58. The number of aromatic nitrogens is 5. The molecule has 1 unspecified atom stereocenters. The van der Waals surface area contributed by atoms with E-state index in [9.17, 15) is 14.8 Å². The van der Waals surface area contributed by atoms with Gasteiger partial charge in [0.2, 0.25) is 11.6 Å². The molecule has 0 saturated heterocycles. The molecule has 2 heterocycles. The van der Waals surface area contributed by atoms with Gasteiger partial charge in [-0.1, -0.05) is 41.9 Å². The third kappa shape index (κ3) is 5.97. The van der Waals surface area contributed by atoms with Crippen molar-refractivity contribution in [3.63, 3.8) is 0 Å². The number of fused-ring (bicyclic) bond motifs is 3. The molecule has 11 heteroatoms. The van der Waals surface area contributed by atoms with Crippen molar-refractivity contribution in [1.29, 1.82) is 0 Å². The second-order valence-electron chi connectivity index (χ2n) is 11.8. The number of carbonyl (C=O) groups excluding carboxylic acids is 2. The maximum absolute atomic E-state index is 14.1. The van der Waals surface area contributed by atoms with Gasteiger partial charge in [-0.2, -0.15) is 9.41 Å². The van der Waals surface area contributed by atoms with E-state index in [-0.39, 0.29) is 22.8 Å². The second-order valence-corrected chi connectivity index (χ2v) is 12.3. The first-order valence-corrected chi connectivity index (χ1v) is 14.9. The maximum Gasteiger partial charge on any atom is 0.306 e. The lowest BCUT2D eigenvalue weighted by molar-refractivity contribution is -0.614. The molecule has 3 aliphatic carbocycles. The van der Waals surface area contributed by atoms with Gasteiger partial charge in [0.25, 0.3) is 0 Å². The summed E-state index contributed by atoms with van der Waals surface area (Å²) in [7, 11) is 1.43. The van der Waals surface area contributed by atoms with Crippen molar-refractivity contribution >= 4 is 23.5 Å². The fourth-order valence-electron chi connectivity index (χ4n) is 6.76. The highest BCUT2D eigenvalue weighted by Gasteiger charge is 2.50. The SMILES string of the molecule is COC(=O)CC12CCC(NC(=O)C(Cc3ccccc3)c3ccc(-c4cc(Cl)ccc4-n4cnnn4)c[n+]3[O-])(CC1)CC2. The number of halogens is 1. The Morgan fingerprint density at radius 2 is 1.81 bits per heavy atom. The topological polar surface area (TPSA) is 126 Å². The fourth-order valence-corrected chi connectivity index (χ4v) is 6.93. The van der Waals surface area contributed by atoms with Crippen LogP contribution >= 0.6 is 11.6 Å². The van der Waals surface area contributed by atoms with Crippen molar-refractivity contribution in [3.05, 3.63) is 94.7 Å². The summed E-state index contributed by atoms with van der Waals surface area (Å²) in [6.45, 7) is 0. The Morgan fingerprint density at radius 1 is 1.07 bits per heavy atom. The molecule has 4 aromatic rings. The van der Waals surface area contributed by atoms with Gasteiger partial charge >= 0.3 is 5.97 Å². The average molecular weight is 601 g/mol. The van der Waals surface area contributed by atoms with Gasteiger partial charge in [-0.25, -0.2) is 0 Å². The number of hydrogen-bond acceptors (Lipinski definition) is 7. The Hall–Kier alpha value is -4.31. The smallest absolute Gasteiger partial charge is 0.306 e. The van der Waals surface area contributed by atoms with Crippen LogP contribution in [0.25, 0.3) is 16.8 Å². The fraction of sp³-hybridized carbons (Fsp3) is 0.375. The minimum absolute atomic E-state index is 0.0433. The first-order chi connectivity index (χ1) is 20.8. The number of pyridine rings is 1. The molecule has 0 aliphatic heterocycles. The van der Waals surface area contributed by atoms with Crippen molar-refractivity contribution in [2.45, 2.75) is 62.8 Å². The van der Waals surface area contributed by atoms with Crippen LogP contribution in [0.4, 0.5) is 0 Å². The highest BCUT2D eigenvalue weighted by molar-refractivity contribution is 6.31. The van der Waals surface area contributed by atoms with E-state index in [0.29, 0.717) is 40.4 Å². The summed E-state index contributed by atoms with van der Waals surface area (Å²) in [5, 5.41) is 29.0. The molecule has 43 heavy (non-hydrogen) atoms. The van der Waals surface area contributed by atoms with Gasteiger partial charge in [0.15, 0.2) is 6.20 Å². The van der Waals surface area contributed by atoms with Crippen LogP contribution in [0, 0.1) is 10.6 Å². The van der Waals surface area contributed by atoms with Crippen molar-refractivity contribution in [1.82, 2.24) is 25.5 Å². The second kappa shape index (κ2) is 11.8. The number of amides is 1. The number of nitrogens with one attached hydrogen (secondary N) is 1. The minimum atomic E-state index is -0.703. The van der Waals surface area contributed by atoms with E-state index in [0.717, 1.165) is 48.8 Å². The van der Waals surface area contributed by atoms with E-state index in [1.807, 2.05) is 36.4 Å². The Labute approximate surface area is 254 Å². The molecule has 2 aromatic heterocycles. The summed E-state index contributed by atoms with van der Waals surface area (Å²) in [5.41, 5.74) is 2.91. The quantitative estimate of drug-likeness (QED) is 0.167. The Bertz CT molecular complexity index is 1600. The van der Waals surface area contributed by atoms with Crippen molar-refractivity contribution < 1.29 is 19.1 Å². The molecule has 1 atom stereocenters. The van der Waals surface area contributed by atoms with Crippen LogP contribution in [0.1, 0.15) is 62.1 Å². The van der Waals surface area contributed by atoms with Gasteiger partial charge in [0.1, 0.15) is 12.2 Å². The third-order valence-electron chi connectivity index (χ3n) is 9.30. The molecule has 7 rings (SSSR count). The molecule has 0 spiro atoms. The number of esters is 1. The highest BCUT2D eigenvalue weighted by atomic mass is 35.5. The van der Waals surface area contributed by atoms with E-state index < -0.39 is 5.92 Å². The molecule has 2 bridgehead atoms. The van der Waals surface area contributed by atoms with Gasteiger partial charge in [0, 0.05) is 27.8 Å². The van der Waals surface area contributed by atoms with Crippen LogP contribution < -0.4 is 10.0 Å². The number of hydrogen-bond donors (Lipinski definition) is 1. The van der Waals surface area contributed by atoms with Crippen LogP contribution in [-0.2, 0) is 20.7 Å². The molecular formula is C32H33ClN6O4. The van der Waals surface area contributed by atoms with Gasteiger partial charge < -0.3 is 15.3 Å². The van der Waals surface area contributed by atoms with Crippen LogP contribution in [0.5, 0.6) is 0 Å². The largest absolute Gasteiger partial charge is 0.618 e. The highest BCUT2D eigenvalue weighted by Crippen LogP contribution is 2.54. The zero-order valence-electron chi connectivity index (χ0n) is 23.9. The number of tetrazole rings is 1. The van der Waals surface area contributed by atoms with E-state index >= 15 is 0 Å². The molecule has 3 fully saturated rings. The Kier molecular flexibility index (Phi) is 7.87. The number of carbonyl (C=O) groups is 2. The third-order valence-corrected chi connectivity index (χ3v) is 9.54. The molecule has 3 aliphatic rings. The summed E-state index contributed by atoms with van der Waals surface area (Å²) < 4.78 is 7.24. The summed E-state index contributed by atoms with van der Waals surface area (Å²) >= 11 is 6.32. The van der Waals surface area contributed by atoms with Gasteiger partial charge in [-0.15, -0.1) is 5.10 Å². The van der Waals surface area contributed by atoms with Gasteiger partial charge in [-0.3, -0.25) is 9.59 Å². The van der Waals surface area contributed by atoms with Gasteiger partial charge in [-0.05, 0) is 90.6 Å². The number of rotatable bonds is 9. The molecule has 1 N–H and O–H groups in total. The Balaban J connectivity index is 1.28. The zero-order valence-corrected chi connectivity index (χ0v) is 24.7. The van der Waals surface area contributed by atoms with Crippen LogP contribution in [-0.4, -0.2) is 44.7 Å². The number of ether oxygens (including phenoxy) is 1. The summed E-state index contributed by atoms with van der Waals surface area (Å²) in [6.07, 6.45) is 8.76. The first kappa shape index (κ1) is 28.8. The standard InChI is InChI=1S/C32H33ClN6O4/c1-43-29(40)19-31-11-14-32(15-12-31,16-13-31)35-30(41)26(17-22-5-3-2-4-6-22)28-9-7-23(20-39(28)42)25-18-24(33)8-10-27(25)38-21-34-36-37-38/h2-10,18,20-21,26H,11-17,19H2,1H3,(H,35,41). The van der Waals surface area contributed by atoms with E-state index in [1.54, 1.807) is 24.3 Å². The summed E-state index contributed by atoms with van der Waals surface area (Å²) in [5.74, 6) is -1.04. The van der Waals surface area contributed by atoms with E-state index in [4.69, 9.17) is 16.3 Å². The van der Waals surface area contributed by atoms with Crippen LogP contribution in [0.3, 0.4) is 0 Å². The van der Waals surface area contributed by atoms with E-state index in [1.165, 1.54) is 24.3 Å². The predicted octanol–water partition coefficient (Wildman–Crippen LogP) is 4.71. The molecule has 222 valence electrons. The molecular weight excluding hydrogens is 568 g/mol. The lowest BCUT2D eigenvalue weighted by Gasteiger charge is -2.53. The van der Waals surface area contributed by atoms with Crippen molar-refractivity contribution in [3.8, 4) is 16.8 Å². The molecule has 1 amide bonds. The minimum Gasteiger partial charge on any atom is -0.618 e. The molecule has 0 radical (unpaired) electrons. The summed E-state index contributed by atoms with van der Waals surface area (Å²) in [4.78, 5) is 26.1. The number of nitrogens with zero attached hydrogens (tertiary/aromatic N) is 5. The molecule has 3 saturated carbocycles. The number of benzene rings is 2. The van der Waals surface area contributed by atoms with Gasteiger partial charge in [0.05, 0.1) is 19.2 Å². The summed E-state index contributed by atoms with van der Waals surface area (Å²) in [6, 6.07) is 18.6. The van der Waals surface area contributed by atoms with Crippen LogP contribution in [0.15, 0.2) is 73.2 Å². The average Bonchev–Trinajstić information content (AvgIpc) is 3.56. The Morgan fingerprint density at radius 3 is 2.47 bits per heavy atom. The predicted molar refractivity (Wildman–Crippen MR) is 159 cm³/mol. The van der Waals surface area contributed by atoms with E-state index in [2.05, 4.69) is 20.8 Å². The molecule has 10 nitrogen and oxygen atoms in total. The van der Waals surface area contributed by atoms with Crippen molar-refractivity contribution in [2.24, 2.45) is 5.41 Å². The monoisotopic (exact) mass is 600 g/mol. The maximum atomic E-state index is 14.1. The van der Waals surface area contributed by atoms with Crippen molar-refractivity contribution in [2.75, 3.05) is 7.11 Å². The lowest BCUT2D eigenvalue weighted by atomic mass is 9.56. The first-order valence-electron chi connectivity index (χ1n) is 14.5. The number of methoxy groups -OCH3 is 1. The molecule has 2 aromatic carbocycles. The zero-order chi connectivity index (χ0) is 30.0.